The third-order valence-electron chi connectivity index (χ3n) is 6.65. The fraction of sp³-hybridized carbons (Fsp3) is 0.593. The first-order chi connectivity index (χ1) is 16.5. The van der Waals surface area contributed by atoms with Crippen LogP contribution in [0.3, 0.4) is 0 Å². The lowest BCUT2D eigenvalue weighted by atomic mass is 9.83. The SMILES string of the molecule is CCOC[C@@H]1C[C@@](CC(C)C)(C(=O)O)N(C(=O)c2ccc(C(C)(C)C)c(OC)c2)[C@H]1c1nccs1. The second-order valence-corrected chi connectivity index (χ2v) is 11.6. The van der Waals surface area contributed by atoms with Crippen LogP contribution in [0.2, 0.25) is 0 Å². The Bertz CT molecular complexity index is 1030. The molecule has 0 saturated carbocycles. The van der Waals surface area contributed by atoms with Crippen LogP contribution < -0.4 is 4.74 Å². The topological polar surface area (TPSA) is 89.0 Å². The Morgan fingerprint density at radius 1 is 1.31 bits per heavy atom. The molecule has 8 heteroatoms. The van der Waals surface area contributed by atoms with Crippen molar-refractivity contribution in [1.82, 2.24) is 9.88 Å². The Morgan fingerprint density at radius 3 is 2.54 bits per heavy atom. The van der Waals surface area contributed by atoms with E-state index in [0.717, 1.165) is 10.6 Å². The molecule has 192 valence electrons. The van der Waals surface area contributed by atoms with Gasteiger partial charge in [-0.1, -0.05) is 40.7 Å². The maximum atomic E-state index is 14.2. The molecule has 1 saturated heterocycles. The number of likely N-dealkylation sites (tertiary alicyclic amines) is 1. The summed E-state index contributed by atoms with van der Waals surface area (Å²) in [6.45, 7) is 13.0. The average Bonchev–Trinajstić information content (AvgIpc) is 3.42. The first-order valence-corrected chi connectivity index (χ1v) is 13.1. The molecule has 0 unspecified atom stereocenters. The zero-order chi connectivity index (χ0) is 26.0. The molecule has 3 rings (SSSR count). The summed E-state index contributed by atoms with van der Waals surface area (Å²) in [7, 11) is 1.59. The maximum absolute atomic E-state index is 14.2. The molecule has 2 aromatic rings. The molecule has 0 bridgehead atoms. The highest BCUT2D eigenvalue weighted by Gasteiger charge is 2.59. The molecule has 1 N–H and O–H groups in total. The number of hydrogen-bond acceptors (Lipinski definition) is 6. The zero-order valence-corrected chi connectivity index (χ0v) is 22.6. The fourth-order valence-corrected chi connectivity index (χ4v) is 6.09. The summed E-state index contributed by atoms with van der Waals surface area (Å²) < 4.78 is 11.4. The monoisotopic (exact) mass is 502 g/mol. The second kappa shape index (κ2) is 10.7. The molecule has 1 aromatic heterocycles. The van der Waals surface area contributed by atoms with Crippen molar-refractivity contribution in [2.24, 2.45) is 11.8 Å². The van der Waals surface area contributed by atoms with Crippen LogP contribution in [0.25, 0.3) is 0 Å². The first-order valence-electron chi connectivity index (χ1n) is 12.2. The summed E-state index contributed by atoms with van der Waals surface area (Å²) >= 11 is 1.44. The molecule has 0 aliphatic carbocycles. The van der Waals surface area contributed by atoms with Gasteiger partial charge in [-0.15, -0.1) is 11.3 Å². The number of aliphatic carboxylic acids is 1. The number of carboxylic acids is 1. The Morgan fingerprint density at radius 2 is 2.03 bits per heavy atom. The van der Waals surface area contributed by atoms with Gasteiger partial charge in [0.1, 0.15) is 16.3 Å². The smallest absolute Gasteiger partial charge is 0.329 e. The number of benzene rings is 1. The van der Waals surface area contributed by atoms with E-state index in [1.54, 1.807) is 30.3 Å². The summed E-state index contributed by atoms with van der Waals surface area (Å²) in [6, 6.07) is 4.93. The molecule has 1 aromatic carbocycles. The van der Waals surface area contributed by atoms with E-state index in [-0.39, 0.29) is 23.2 Å². The number of thiazole rings is 1. The maximum Gasteiger partial charge on any atom is 0.329 e. The van der Waals surface area contributed by atoms with E-state index in [1.165, 1.54) is 11.3 Å². The summed E-state index contributed by atoms with van der Waals surface area (Å²) in [5.74, 6) is -0.814. The van der Waals surface area contributed by atoms with Crippen molar-refractivity contribution in [2.45, 2.75) is 71.4 Å². The lowest BCUT2D eigenvalue weighted by Crippen LogP contribution is -2.54. The molecule has 1 fully saturated rings. The van der Waals surface area contributed by atoms with Gasteiger partial charge in [0.2, 0.25) is 0 Å². The van der Waals surface area contributed by atoms with E-state index in [2.05, 4.69) is 25.8 Å². The molecular formula is C27H38N2O5S. The third kappa shape index (κ3) is 5.38. The first kappa shape index (κ1) is 27.1. The van der Waals surface area contributed by atoms with E-state index >= 15 is 0 Å². The number of nitrogens with zero attached hydrogens (tertiary/aromatic N) is 2. The zero-order valence-electron chi connectivity index (χ0n) is 21.8. The van der Waals surface area contributed by atoms with Gasteiger partial charge in [0.05, 0.1) is 19.8 Å². The molecule has 1 aliphatic heterocycles. The number of carbonyl (C=O) groups excluding carboxylic acids is 1. The van der Waals surface area contributed by atoms with Crippen molar-refractivity contribution in [3.63, 3.8) is 0 Å². The number of carbonyl (C=O) groups is 2. The molecule has 3 atom stereocenters. The summed E-state index contributed by atoms with van der Waals surface area (Å²) in [5.41, 5.74) is -0.146. The lowest BCUT2D eigenvalue weighted by molar-refractivity contribution is -0.150. The molecule has 35 heavy (non-hydrogen) atoms. The summed E-state index contributed by atoms with van der Waals surface area (Å²) in [6.07, 6.45) is 2.36. The highest BCUT2D eigenvalue weighted by Crippen LogP contribution is 2.51. The molecular weight excluding hydrogens is 464 g/mol. The number of methoxy groups -OCH3 is 1. The minimum atomic E-state index is -1.36. The number of hydrogen-bond donors (Lipinski definition) is 1. The van der Waals surface area contributed by atoms with Gasteiger partial charge < -0.3 is 19.5 Å². The normalized spacial score (nSPS) is 22.6. The Kier molecular flexibility index (Phi) is 8.27. The minimum absolute atomic E-state index is 0.0713. The van der Waals surface area contributed by atoms with Crippen molar-refractivity contribution in [1.29, 1.82) is 0 Å². The lowest BCUT2D eigenvalue weighted by Gasteiger charge is -2.39. The predicted octanol–water partition coefficient (Wildman–Crippen LogP) is 5.56. The van der Waals surface area contributed by atoms with E-state index in [0.29, 0.717) is 37.4 Å². The Labute approximate surface area is 212 Å². The van der Waals surface area contributed by atoms with E-state index in [9.17, 15) is 14.7 Å². The predicted molar refractivity (Wildman–Crippen MR) is 137 cm³/mol. The standard InChI is InChI=1S/C27H38N2O5S/c1-8-34-16-19-15-27(25(31)32,14-17(2)3)29(22(19)23-28-11-12-35-23)24(30)18-9-10-20(26(4,5)6)21(13-18)33-7/h9-13,17,19,22H,8,14-16H2,1-7H3,(H,31,32)/t19-,22+,27-/m0/s1. The number of amides is 1. The number of aromatic nitrogens is 1. The van der Waals surface area contributed by atoms with E-state index < -0.39 is 17.6 Å². The second-order valence-electron chi connectivity index (χ2n) is 10.7. The fourth-order valence-electron chi connectivity index (χ4n) is 5.27. The van der Waals surface area contributed by atoms with Gasteiger partial charge in [-0.05, 0) is 48.8 Å². The van der Waals surface area contributed by atoms with Crippen molar-refractivity contribution in [2.75, 3.05) is 20.3 Å². The van der Waals surface area contributed by atoms with Crippen LogP contribution in [0.1, 0.15) is 81.4 Å². The quantitative estimate of drug-likeness (QED) is 0.483. The highest BCUT2D eigenvalue weighted by atomic mass is 32.1. The van der Waals surface area contributed by atoms with Crippen molar-refractivity contribution >= 4 is 23.2 Å². The Hall–Kier alpha value is -2.45. The van der Waals surface area contributed by atoms with Gasteiger partial charge in [0, 0.05) is 29.7 Å². The van der Waals surface area contributed by atoms with Crippen LogP contribution >= 0.6 is 11.3 Å². The van der Waals surface area contributed by atoms with Gasteiger partial charge in [0.15, 0.2) is 0 Å². The summed E-state index contributed by atoms with van der Waals surface area (Å²) in [5, 5.41) is 13.2. The molecule has 0 radical (unpaired) electrons. The molecule has 1 amide bonds. The van der Waals surface area contributed by atoms with Crippen molar-refractivity contribution in [3.8, 4) is 5.75 Å². The third-order valence-corrected chi connectivity index (χ3v) is 7.49. The number of carboxylic acid groups (broad SMARTS) is 1. The van der Waals surface area contributed by atoms with Crippen LogP contribution in [0, 0.1) is 11.8 Å². The van der Waals surface area contributed by atoms with Crippen LogP contribution in [-0.2, 0) is 14.9 Å². The van der Waals surface area contributed by atoms with E-state index in [1.807, 2.05) is 32.2 Å². The van der Waals surface area contributed by atoms with Crippen LogP contribution in [-0.4, -0.2) is 52.7 Å². The molecule has 1 aliphatic rings. The largest absolute Gasteiger partial charge is 0.496 e. The molecule has 0 spiro atoms. The van der Waals surface area contributed by atoms with Crippen LogP contribution in [0.15, 0.2) is 29.8 Å². The van der Waals surface area contributed by atoms with Gasteiger partial charge in [-0.3, -0.25) is 4.79 Å². The van der Waals surface area contributed by atoms with Crippen LogP contribution in [0.4, 0.5) is 0 Å². The van der Waals surface area contributed by atoms with Crippen molar-refractivity contribution < 1.29 is 24.2 Å². The van der Waals surface area contributed by atoms with Gasteiger partial charge >= 0.3 is 5.97 Å². The average molecular weight is 503 g/mol. The molecule has 7 nitrogen and oxygen atoms in total. The van der Waals surface area contributed by atoms with Crippen LogP contribution in [0.5, 0.6) is 5.75 Å². The van der Waals surface area contributed by atoms with Gasteiger partial charge in [0.25, 0.3) is 5.91 Å². The minimum Gasteiger partial charge on any atom is -0.496 e. The van der Waals surface area contributed by atoms with E-state index in [4.69, 9.17) is 9.47 Å². The highest BCUT2D eigenvalue weighted by molar-refractivity contribution is 7.09. The number of rotatable bonds is 9. The summed E-state index contributed by atoms with van der Waals surface area (Å²) in [4.78, 5) is 33.3. The molecule has 2 heterocycles. The van der Waals surface area contributed by atoms with Gasteiger partial charge in [-0.25, -0.2) is 9.78 Å². The number of ether oxygens (including phenoxy) is 2. The van der Waals surface area contributed by atoms with Gasteiger partial charge in [-0.2, -0.15) is 0 Å². The Balaban J connectivity index is 2.19. The van der Waals surface area contributed by atoms with Crippen molar-refractivity contribution in [3.05, 3.63) is 45.9 Å².